The average Bonchev–Trinajstić information content (AvgIpc) is 1.00. The minimum Gasteiger partial charge on any atom is -1.00 e. The van der Waals surface area contributed by atoms with Crippen LogP contribution in [-0.4, -0.2) is 58.7 Å². The van der Waals surface area contributed by atoms with E-state index in [1.54, 1.807) is 0 Å². The third-order valence-electron chi connectivity index (χ3n) is 0. The standard InChI is InChI=1S/BO.H2O.Sr.2H/c1-2;;;;/h;1H2;;;/q;;+2;2*-1. The first-order chi connectivity index (χ1) is 1.00. The van der Waals surface area contributed by atoms with Gasteiger partial charge in [-0.2, -0.15) is 0 Å². The van der Waals surface area contributed by atoms with Crippen molar-refractivity contribution in [2.45, 2.75) is 0 Å². The molecule has 0 aromatic carbocycles. The largest absolute Gasteiger partial charge is 2.00 e. The second kappa shape index (κ2) is 27.6. The normalized spacial score (nSPS) is 0.750. The van der Waals surface area contributed by atoms with Crippen molar-refractivity contribution in [2.75, 3.05) is 0 Å². The summed E-state index contributed by atoms with van der Waals surface area (Å²) >= 11 is 0. The van der Waals surface area contributed by atoms with Crippen molar-refractivity contribution >= 4 is 53.2 Å². The van der Waals surface area contributed by atoms with Gasteiger partial charge in [-0.3, -0.25) is 0 Å². The maximum Gasteiger partial charge on any atom is 2.00 e. The summed E-state index contributed by atoms with van der Waals surface area (Å²) in [6.45, 7) is 0. The van der Waals surface area contributed by atoms with Gasteiger partial charge in [0.05, 0.1) is 0 Å². The smallest absolute Gasteiger partial charge is 1.00 e. The molecule has 2 nitrogen and oxygen atoms in total. The van der Waals surface area contributed by atoms with Crippen LogP contribution in [0.25, 0.3) is 0 Å². The van der Waals surface area contributed by atoms with Crippen molar-refractivity contribution in [3.63, 3.8) is 0 Å². The van der Waals surface area contributed by atoms with E-state index in [0.717, 1.165) is 0 Å². The third-order valence-corrected chi connectivity index (χ3v) is 0. The Morgan fingerprint density at radius 2 is 1.50 bits per heavy atom. The van der Waals surface area contributed by atoms with E-state index < -0.39 is 0 Å². The van der Waals surface area contributed by atoms with E-state index in [4.69, 9.17) is 4.70 Å². The first-order valence-corrected chi connectivity index (χ1v) is 0.236. The van der Waals surface area contributed by atoms with Crippen molar-refractivity contribution in [2.24, 2.45) is 0 Å². The van der Waals surface area contributed by atoms with Gasteiger partial charge in [-0.05, 0) is 0 Å². The van der Waals surface area contributed by atoms with Crippen molar-refractivity contribution in [3.05, 3.63) is 0 Å². The van der Waals surface area contributed by atoms with Gasteiger partial charge in [0.2, 0.25) is 0 Å². The summed E-state index contributed by atoms with van der Waals surface area (Å²) in [6.07, 6.45) is 0. The fourth-order valence-electron chi connectivity index (χ4n) is 0. The van der Waals surface area contributed by atoms with Gasteiger partial charge in [-0.1, -0.05) is 0 Å². The van der Waals surface area contributed by atoms with E-state index in [0.29, 0.717) is 0 Å². The summed E-state index contributed by atoms with van der Waals surface area (Å²) in [5.74, 6) is 0. The molecule has 0 rings (SSSR count). The Labute approximate surface area is 65.5 Å². The quantitative estimate of drug-likeness (QED) is 0.373. The molecule has 0 aromatic rings. The summed E-state index contributed by atoms with van der Waals surface area (Å²) in [5.41, 5.74) is 0. The van der Waals surface area contributed by atoms with Crippen LogP contribution in [0.3, 0.4) is 0 Å². The van der Waals surface area contributed by atoms with Crippen LogP contribution in [0.4, 0.5) is 0 Å². The number of hydrogen-bond acceptors (Lipinski definition) is 1. The molecular weight excluding hydrogens is 130 g/mol. The molecule has 0 aromatic heterocycles. The summed E-state index contributed by atoms with van der Waals surface area (Å²) in [7, 11) is 3.25. The zero-order chi connectivity index (χ0) is 2.00. The van der Waals surface area contributed by atoms with E-state index >= 15 is 0 Å². The van der Waals surface area contributed by atoms with Crippen LogP contribution in [0.2, 0.25) is 0 Å². The summed E-state index contributed by atoms with van der Waals surface area (Å²) in [4.78, 5) is 0. The molecule has 0 aliphatic carbocycles. The van der Waals surface area contributed by atoms with Crippen molar-refractivity contribution in [1.82, 2.24) is 0 Å². The molecule has 0 bridgehead atoms. The van der Waals surface area contributed by atoms with Gasteiger partial charge in [-0.15, -0.1) is 0 Å². The van der Waals surface area contributed by atoms with E-state index in [9.17, 15) is 0 Å². The second-order valence-electron chi connectivity index (χ2n) is 0. The van der Waals surface area contributed by atoms with E-state index in [1.165, 1.54) is 0 Å². The minimum atomic E-state index is 0. The van der Waals surface area contributed by atoms with Crippen LogP contribution >= 0.6 is 0 Å². The van der Waals surface area contributed by atoms with Gasteiger partial charge in [0.1, 0.15) is 0 Å². The van der Waals surface area contributed by atoms with Gasteiger partial charge in [0, 0.05) is 0 Å². The Morgan fingerprint density at radius 3 is 1.50 bits per heavy atom. The van der Waals surface area contributed by atoms with Crippen LogP contribution in [0.5, 0.6) is 0 Å². The molecule has 2 N–H and O–H groups in total. The average molecular weight is 134 g/mol. The Hall–Kier alpha value is 1.31. The van der Waals surface area contributed by atoms with Gasteiger partial charge >= 0.3 is 57.9 Å². The maximum absolute atomic E-state index is 7.75. The van der Waals surface area contributed by atoms with Crippen LogP contribution in [0.1, 0.15) is 2.85 Å². The fraction of sp³-hybridized carbons (Fsp3) is 0. The molecule has 0 atom stereocenters. The molecule has 0 heterocycles. The zero-order valence-electron chi connectivity index (χ0n) is 4.19. The van der Waals surface area contributed by atoms with E-state index in [-0.39, 0.29) is 53.8 Å². The fourth-order valence-corrected chi connectivity index (χ4v) is 0. The van der Waals surface area contributed by atoms with Crippen molar-refractivity contribution in [1.29, 1.82) is 0 Å². The topological polar surface area (TPSA) is 48.6 Å². The molecule has 0 saturated carbocycles. The molecule has 0 spiro atoms. The molecule has 4 heteroatoms. The molecule has 1 radical (unpaired) electrons. The van der Waals surface area contributed by atoms with Crippen LogP contribution in [0, 0.1) is 0 Å². The van der Waals surface area contributed by atoms with E-state index in [2.05, 4.69) is 7.72 Å². The van der Waals surface area contributed by atoms with Gasteiger partial charge in [-0.25, -0.2) is 0 Å². The second-order valence-corrected chi connectivity index (χ2v) is 0. The van der Waals surface area contributed by atoms with Crippen LogP contribution in [-0.2, 0) is 4.70 Å². The molecular formula is H4BO2Sr. The Bertz CT molecular complexity index is 11.5. The Kier molecular flexibility index (Phi) is 128. The molecule has 0 aliphatic rings. The zero-order valence-corrected chi connectivity index (χ0v) is 5.67. The Morgan fingerprint density at radius 1 is 1.50 bits per heavy atom. The molecule has 0 saturated heterocycles. The van der Waals surface area contributed by atoms with Crippen LogP contribution in [0.15, 0.2) is 0 Å². The summed E-state index contributed by atoms with van der Waals surface area (Å²) < 4.78 is 7.75. The molecule has 21 valence electrons. The Balaban J connectivity index is -0.000000000833. The molecule has 0 aliphatic heterocycles. The minimum absolute atomic E-state index is 0. The van der Waals surface area contributed by atoms with E-state index in [1.807, 2.05) is 0 Å². The predicted molar refractivity (Wildman–Crippen MR) is 18.0 cm³/mol. The van der Waals surface area contributed by atoms with Crippen molar-refractivity contribution < 1.29 is 13.0 Å². The monoisotopic (exact) mass is 135 g/mol. The van der Waals surface area contributed by atoms with Gasteiger partial charge in [0.15, 0.2) is 0 Å². The molecule has 4 heavy (non-hydrogen) atoms. The van der Waals surface area contributed by atoms with Gasteiger partial charge < -0.3 is 8.33 Å². The number of rotatable bonds is 0. The SMILES string of the molecule is O.[B]=O.[H-].[H-].[Sr+2]. The summed E-state index contributed by atoms with van der Waals surface area (Å²) in [6, 6.07) is 0. The van der Waals surface area contributed by atoms with Gasteiger partial charge in [0.25, 0.3) is 0 Å². The maximum atomic E-state index is 7.75. The molecule has 0 fully saturated rings. The van der Waals surface area contributed by atoms with Crippen LogP contribution < -0.4 is 0 Å². The predicted octanol–water partition coefficient (Wildman–Crippen LogP) is -1.48. The first kappa shape index (κ1) is 18.5. The van der Waals surface area contributed by atoms with Crippen molar-refractivity contribution in [3.8, 4) is 0 Å². The number of hydrogen-bond donors (Lipinski definition) is 0. The first-order valence-electron chi connectivity index (χ1n) is 0.236. The third kappa shape index (κ3) is 10.3. The molecule has 0 amide bonds. The summed E-state index contributed by atoms with van der Waals surface area (Å²) in [5, 5.41) is 0. The molecule has 0 unspecified atom stereocenters.